The summed E-state index contributed by atoms with van der Waals surface area (Å²) in [4.78, 5) is 0.193. The lowest BCUT2D eigenvalue weighted by molar-refractivity contribution is -0.205. The Bertz CT molecular complexity index is 680. The normalized spacial score (nSPS) is 27.0. The molecule has 1 N–H and O–H groups in total. The van der Waals surface area contributed by atoms with Crippen LogP contribution in [0.5, 0.6) is 5.75 Å². The predicted octanol–water partition coefficient (Wildman–Crippen LogP) is 1.64. The van der Waals surface area contributed by atoms with Gasteiger partial charge in [-0.05, 0) is 31.9 Å². The summed E-state index contributed by atoms with van der Waals surface area (Å²) in [6.45, 7) is 3.34. The first kappa shape index (κ1) is 17.7. The van der Waals surface area contributed by atoms with E-state index >= 15 is 0 Å². The molecule has 1 spiro atoms. The summed E-state index contributed by atoms with van der Waals surface area (Å²) in [5, 5.41) is 10.2. The van der Waals surface area contributed by atoms with Crippen molar-refractivity contribution in [2.24, 2.45) is 5.41 Å². The van der Waals surface area contributed by atoms with Crippen molar-refractivity contribution in [3.05, 3.63) is 24.3 Å². The van der Waals surface area contributed by atoms with Crippen LogP contribution in [0.4, 0.5) is 0 Å². The van der Waals surface area contributed by atoms with Crippen molar-refractivity contribution in [1.29, 1.82) is 0 Å². The molecule has 6 nitrogen and oxygen atoms in total. The molecule has 1 aromatic carbocycles. The Balaban J connectivity index is 1.77. The molecule has 0 aromatic heterocycles. The van der Waals surface area contributed by atoms with E-state index in [9.17, 15) is 13.5 Å². The second kappa shape index (κ2) is 6.63. The van der Waals surface area contributed by atoms with Gasteiger partial charge in [0.2, 0.25) is 10.0 Å². The van der Waals surface area contributed by atoms with Crippen LogP contribution in [0.15, 0.2) is 29.2 Å². The van der Waals surface area contributed by atoms with Crippen LogP contribution in [0, 0.1) is 5.41 Å². The summed E-state index contributed by atoms with van der Waals surface area (Å²) in [5.74, 6) is 0.355. The third kappa shape index (κ3) is 2.73. The first-order valence-electron chi connectivity index (χ1n) is 8.38. The maximum absolute atomic E-state index is 12.9. The fourth-order valence-electron chi connectivity index (χ4n) is 3.93. The van der Waals surface area contributed by atoms with E-state index in [-0.39, 0.29) is 16.4 Å². The molecule has 2 aliphatic rings. The second-order valence-electron chi connectivity index (χ2n) is 6.48. The molecule has 0 amide bonds. The topological polar surface area (TPSA) is 76.1 Å². The van der Waals surface area contributed by atoms with Gasteiger partial charge >= 0.3 is 0 Å². The maximum atomic E-state index is 12.9. The third-order valence-corrected chi connectivity index (χ3v) is 7.39. The Morgan fingerprint density at radius 3 is 2.54 bits per heavy atom. The summed E-state index contributed by atoms with van der Waals surface area (Å²) in [7, 11) is -2.13. The number of hydrogen-bond acceptors (Lipinski definition) is 5. The summed E-state index contributed by atoms with van der Waals surface area (Å²) in [6.07, 6.45) is 1.52. The lowest BCUT2D eigenvalue weighted by Crippen LogP contribution is -2.62. The molecule has 3 rings (SSSR count). The molecule has 1 heterocycles. The van der Waals surface area contributed by atoms with E-state index in [1.807, 2.05) is 6.92 Å². The molecule has 1 aliphatic heterocycles. The lowest BCUT2D eigenvalue weighted by atomic mass is 9.58. The first-order valence-corrected chi connectivity index (χ1v) is 9.82. The number of aliphatic hydroxyl groups is 1. The average molecular weight is 355 g/mol. The van der Waals surface area contributed by atoms with Crippen LogP contribution in [0.25, 0.3) is 0 Å². The minimum absolute atomic E-state index is 0.0358. The molecule has 1 saturated heterocycles. The van der Waals surface area contributed by atoms with Crippen LogP contribution in [-0.2, 0) is 14.8 Å². The van der Waals surface area contributed by atoms with Crippen molar-refractivity contribution < 1.29 is 23.0 Å². The molecule has 0 radical (unpaired) electrons. The SMILES string of the molecule is CCOC1CC(O)C12CCN(S(=O)(=O)c1ccccc1OC)CC2. The van der Waals surface area contributed by atoms with E-state index in [0.29, 0.717) is 44.7 Å². The average Bonchev–Trinajstić information content (AvgIpc) is 2.61. The smallest absolute Gasteiger partial charge is 0.246 e. The molecule has 2 atom stereocenters. The summed E-state index contributed by atoms with van der Waals surface area (Å²) in [6, 6.07) is 6.67. The molecule has 1 saturated carbocycles. The minimum Gasteiger partial charge on any atom is -0.495 e. The number of nitrogens with zero attached hydrogens (tertiary/aromatic N) is 1. The molecule has 7 heteroatoms. The van der Waals surface area contributed by atoms with Gasteiger partial charge in [0, 0.05) is 31.5 Å². The Labute approximate surface area is 143 Å². The fourth-order valence-corrected chi connectivity index (χ4v) is 5.53. The Kier molecular flexibility index (Phi) is 4.88. The van der Waals surface area contributed by atoms with Gasteiger partial charge in [-0.3, -0.25) is 0 Å². The van der Waals surface area contributed by atoms with E-state index < -0.39 is 16.1 Å². The zero-order chi connectivity index (χ0) is 17.4. The molecule has 2 unspecified atom stereocenters. The molecular formula is C17H25NO5S. The van der Waals surface area contributed by atoms with Gasteiger partial charge in [-0.2, -0.15) is 4.31 Å². The summed E-state index contributed by atoms with van der Waals surface area (Å²) in [5.41, 5.74) is -0.289. The third-order valence-electron chi connectivity index (χ3n) is 5.45. The van der Waals surface area contributed by atoms with Gasteiger partial charge in [-0.15, -0.1) is 0 Å². The first-order chi connectivity index (χ1) is 11.5. The largest absolute Gasteiger partial charge is 0.495 e. The predicted molar refractivity (Wildman–Crippen MR) is 89.5 cm³/mol. The zero-order valence-corrected chi connectivity index (χ0v) is 15.0. The van der Waals surface area contributed by atoms with Crippen molar-refractivity contribution in [2.75, 3.05) is 26.8 Å². The quantitative estimate of drug-likeness (QED) is 0.869. The number of para-hydroxylation sites is 1. The highest BCUT2D eigenvalue weighted by Gasteiger charge is 2.56. The highest BCUT2D eigenvalue weighted by atomic mass is 32.2. The molecule has 24 heavy (non-hydrogen) atoms. The summed E-state index contributed by atoms with van der Waals surface area (Å²) >= 11 is 0. The van der Waals surface area contributed by atoms with Gasteiger partial charge in [0.25, 0.3) is 0 Å². The number of sulfonamides is 1. The molecule has 0 bridgehead atoms. The standard InChI is InChI=1S/C17H25NO5S/c1-3-23-16-12-15(19)17(16)8-10-18(11-9-17)24(20,21)14-7-5-4-6-13(14)22-2/h4-7,15-16,19H,3,8-12H2,1-2H3. The van der Waals surface area contributed by atoms with Crippen molar-refractivity contribution in [2.45, 2.75) is 43.3 Å². The van der Waals surface area contributed by atoms with Gasteiger partial charge in [-0.1, -0.05) is 12.1 Å². The number of ether oxygens (including phenoxy) is 2. The van der Waals surface area contributed by atoms with Gasteiger partial charge in [-0.25, -0.2) is 8.42 Å². The van der Waals surface area contributed by atoms with Crippen LogP contribution in [0.1, 0.15) is 26.2 Å². The minimum atomic E-state index is -3.60. The number of benzene rings is 1. The number of methoxy groups -OCH3 is 1. The Morgan fingerprint density at radius 1 is 1.29 bits per heavy atom. The fraction of sp³-hybridized carbons (Fsp3) is 0.647. The maximum Gasteiger partial charge on any atom is 0.246 e. The van der Waals surface area contributed by atoms with E-state index in [1.165, 1.54) is 11.4 Å². The van der Waals surface area contributed by atoms with E-state index in [0.717, 1.165) is 0 Å². The molecule has 134 valence electrons. The second-order valence-corrected chi connectivity index (χ2v) is 8.39. The van der Waals surface area contributed by atoms with E-state index in [1.54, 1.807) is 24.3 Å². The zero-order valence-electron chi connectivity index (χ0n) is 14.1. The van der Waals surface area contributed by atoms with Gasteiger partial charge in [0.15, 0.2) is 0 Å². The van der Waals surface area contributed by atoms with Crippen LogP contribution in [0.2, 0.25) is 0 Å². The van der Waals surface area contributed by atoms with Crippen LogP contribution >= 0.6 is 0 Å². The number of hydrogen-bond donors (Lipinski definition) is 1. The highest BCUT2D eigenvalue weighted by molar-refractivity contribution is 7.89. The molecule has 1 aliphatic carbocycles. The molecule has 2 fully saturated rings. The van der Waals surface area contributed by atoms with Gasteiger partial charge < -0.3 is 14.6 Å². The molecular weight excluding hydrogens is 330 g/mol. The van der Waals surface area contributed by atoms with Gasteiger partial charge in [0.1, 0.15) is 10.6 Å². The lowest BCUT2D eigenvalue weighted by Gasteiger charge is -2.56. The van der Waals surface area contributed by atoms with Gasteiger partial charge in [0.05, 0.1) is 19.3 Å². The van der Waals surface area contributed by atoms with E-state index in [2.05, 4.69) is 0 Å². The number of rotatable bonds is 5. The highest BCUT2D eigenvalue weighted by Crippen LogP contribution is 2.51. The Morgan fingerprint density at radius 2 is 1.96 bits per heavy atom. The monoisotopic (exact) mass is 355 g/mol. The van der Waals surface area contributed by atoms with Crippen molar-refractivity contribution >= 4 is 10.0 Å². The van der Waals surface area contributed by atoms with E-state index in [4.69, 9.17) is 9.47 Å². The van der Waals surface area contributed by atoms with Crippen LogP contribution in [0.3, 0.4) is 0 Å². The van der Waals surface area contributed by atoms with Crippen LogP contribution < -0.4 is 4.74 Å². The van der Waals surface area contributed by atoms with Crippen molar-refractivity contribution in [1.82, 2.24) is 4.31 Å². The number of piperidine rings is 1. The molecule has 1 aromatic rings. The Hall–Kier alpha value is -1.15. The summed E-state index contributed by atoms with van der Waals surface area (Å²) < 4.78 is 38.3. The number of aliphatic hydroxyl groups excluding tert-OH is 1. The van der Waals surface area contributed by atoms with Crippen LogP contribution in [-0.4, -0.2) is 56.8 Å². The van der Waals surface area contributed by atoms with Crippen molar-refractivity contribution in [3.8, 4) is 5.75 Å². The van der Waals surface area contributed by atoms with Crippen molar-refractivity contribution in [3.63, 3.8) is 0 Å².